The van der Waals surface area contributed by atoms with Crippen LogP contribution in [-0.2, 0) is 0 Å². The quantitative estimate of drug-likeness (QED) is 0.868. The van der Waals surface area contributed by atoms with Crippen LogP contribution in [0.2, 0.25) is 0 Å². The number of hydrogen-bond acceptors (Lipinski definition) is 4. The molecule has 0 bridgehead atoms. The highest BCUT2D eigenvalue weighted by Gasteiger charge is 2.27. The van der Waals surface area contributed by atoms with Crippen molar-refractivity contribution in [2.24, 2.45) is 0 Å². The van der Waals surface area contributed by atoms with E-state index in [1.165, 1.54) is 24.8 Å². The smallest absolute Gasteiger partial charge is 0.161 e. The molecular weight excluding hydrogens is 270 g/mol. The molecule has 20 heavy (non-hydrogen) atoms. The van der Waals surface area contributed by atoms with Gasteiger partial charge in [0, 0.05) is 17.3 Å². The minimum Gasteiger partial charge on any atom is -0.493 e. The average Bonchev–Trinajstić information content (AvgIpc) is 2.93. The second-order valence-electron chi connectivity index (χ2n) is 5.31. The summed E-state index contributed by atoms with van der Waals surface area (Å²) in [5.41, 5.74) is 1.24. The molecule has 0 amide bonds. The molecule has 1 N–H and O–H groups in total. The summed E-state index contributed by atoms with van der Waals surface area (Å²) in [5, 5.41) is 4.52. The Balaban J connectivity index is 2.07. The van der Waals surface area contributed by atoms with E-state index in [2.05, 4.69) is 30.6 Å². The Morgan fingerprint density at radius 3 is 2.60 bits per heavy atom. The van der Waals surface area contributed by atoms with Crippen LogP contribution in [0.4, 0.5) is 0 Å². The zero-order valence-corrected chi connectivity index (χ0v) is 13.6. The standard InChI is InChI=1S/C16H25NO2S/c1-11(17-13-6-5-7-16(13)20-4)12-8-9-14(18-2)15(10-12)19-3/h8-11,13,16-17H,5-7H2,1-4H3. The summed E-state index contributed by atoms with van der Waals surface area (Å²) in [6.45, 7) is 2.22. The van der Waals surface area contributed by atoms with Crippen molar-refractivity contribution in [3.8, 4) is 11.5 Å². The molecule has 3 unspecified atom stereocenters. The predicted octanol–water partition coefficient (Wildman–Crippen LogP) is 3.64. The van der Waals surface area contributed by atoms with Crippen molar-refractivity contribution in [3.63, 3.8) is 0 Å². The van der Waals surface area contributed by atoms with Crippen molar-refractivity contribution in [3.05, 3.63) is 23.8 Å². The second kappa shape index (κ2) is 7.23. The fourth-order valence-electron chi connectivity index (χ4n) is 2.94. The predicted molar refractivity (Wildman–Crippen MR) is 86.0 cm³/mol. The van der Waals surface area contributed by atoms with E-state index >= 15 is 0 Å². The van der Waals surface area contributed by atoms with Gasteiger partial charge in [0.15, 0.2) is 11.5 Å². The molecule has 0 saturated heterocycles. The Bertz CT molecular complexity index is 438. The molecule has 3 atom stereocenters. The summed E-state index contributed by atoms with van der Waals surface area (Å²) >= 11 is 1.98. The minimum atomic E-state index is 0.326. The molecule has 1 saturated carbocycles. The van der Waals surface area contributed by atoms with Gasteiger partial charge in [0.1, 0.15) is 0 Å². The first-order valence-corrected chi connectivity index (χ1v) is 8.49. The molecule has 3 nitrogen and oxygen atoms in total. The third-order valence-electron chi connectivity index (χ3n) is 4.13. The first-order chi connectivity index (χ1) is 9.69. The lowest BCUT2D eigenvalue weighted by Crippen LogP contribution is -2.35. The van der Waals surface area contributed by atoms with Gasteiger partial charge >= 0.3 is 0 Å². The number of methoxy groups -OCH3 is 2. The Morgan fingerprint density at radius 1 is 1.20 bits per heavy atom. The van der Waals surface area contributed by atoms with E-state index in [0.29, 0.717) is 12.1 Å². The number of thioether (sulfide) groups is 1. The second-order valence-corrected chi connectivity index (χ2v) is 6.39. The highest BCUT2D eigenvalue weighted by atomic mass is 32.2. The molecule has 0 aromatic heterocycles. The Kier molecular flexibility index (Phi) is 5.61. The van der Waals surface area contributed by atoms with E-state index in [1.54, 1.807) is 14.2 Å². The fourth-order valence-corrected chi connectivity index (χ4v) is 3.88. The van der Waals surface area contributed by atoms with E-state index < -0.39 is 0 Å². The highest BCUT2D eigenvalue weighted by Crippen LogP contribution is 2.33. The average molecular weight is 295 g/mol. The van der Waals surface area contributed by atoms with Gasteiger partial charge in [0.2, 0.25) is 0 Å². The van der Waals surface area contributed by atoms with E-state index in [1.807, 2.05) is 17.8 Å². The molecule has 0 spiro atoms. The molecule has 2 rings (SSSR count). The fraction of sp³-hybridized carbons (Fsp3) is 0.625. The molecule has 112 valence electrons. The van der Waals surface area contributed by atoms with Crippen LogP contribution in [0.5, 0.6) is 11.5 Å². The van der Waals surface area contributed by atoms with Crippen LogP contribution in [0, 0.1) is 0 Å². The third-order valence-corrected chi connectivity index (χ3v) is 5.30. The number of hydrogen-bond donors (Lipinski definition) is 1. The number of nitrogens with one attached hydrogen (secondary N) is 1. The first-order valence-electron chi connectivity index (χ1n) is 7.20. The Hall–Kier alpha value is -0.870. The van der Waals surface area contributed by atoms with Crippen LogP contribution >= 0.6 is 11.8 Å². The molecule has 0 heterocycles. The highest BCUT2D eigenvalue weighted by molar-refractivity contribution is 7.99. The topological polar surface area (TPSA) is 30.5 Å². The Labute approximate surface area is 126 Å². The number of ether oxygens (including phenoxy) is 2. The number of rotatable bonds is 6. The monoisotopic (exact) mass is 295 g/mol. The molecule has 1 aliphatic rings. The van der Waals surface area contributed by atoms with Crippen LogP contribution in [0.25, 0.3) is 0 Å². The van der Waals surface area contributed by atoms with Gasteiger partial charge < -0.3 is 14.8 Å². The van der Waals surface area contributed by atoms with Crippen molar-refractivity contribution < 1.29 is 9.47 Å². The van der Waals surface area contributed by atoms with Crippen LogP contribution in [0.15, 0.2) is 18.2 Å². The maximum absolute atomic E-state index is 5.38. The maximum Gasteiger partial charge on any atom is 0.161 e. The first kappa shape index (κ1) is 15.5. The minimum absolute atomic E-state index is 0.326. The van der Waals surface area contributed by atoms with Crippen molar-refractivity contribution in [2.45, 2.75) is 43.5 Å². The van der Waals surface area contributed by atoms with Crippen LogP contribution in [0.3, 0.4) is 0 Å². The van der Waals surface area contributed by atoms with Crippen molar-refractivity contribution >= 4 is 11.8 Å². The summed E-state index contributed by atoms with van der Waals surface area (Å²) in [4.78, 5) is 0. The molecule has 0 aliphatic heterocycles. The largest absolute Gasteiger partial charge is 0.493 e. The van der Waals surface area contributed by atoms with Crippen molar-refractivity contribution in [1.82, 2.24) is 5.32 Å². The van der Waals surface area contributed by atoms with E-state index in [4.69, 9.17) is 9.47 Å². The molecular formula is C16H25NO2S. The van der Waals surface area contributed by atoms with Crippen LogP contribution in [-0.4, -0.2) is 31.8 Å². The van der Waals surface area contributed by atoms with Gasteiger partial charge in [-0.2, -0.15) is 11.8 Å². The van der Waals surface area contributed by atoms with Gasteiger partial charge in [-0.3, -0.25) is 0 Å². The molecule has 1 aliphatic carbocycles. The van der Waals surface area contributed by atoms with Gasteiger partial charge in [-0.05, 0) is 43.7 Å². The molecule has 1 fully saturated rings. The molecule has 4 heteroatoms. The van der Waals surface area contributed by atoms with E-state index in [9.17, 15) is 0 Å². The molecule has 0 radical (unpaired) electrons. The van der Waals surface area contributed by atoms with Gasteiger partial charge in [-0.1, -0.05) is 12.5 Å². The van der Waals surface area contributed by atoms with Crippen molar-refractivity contribution in [1.29, 1.82) is 0 Å². The molecule has 1 aromatic carbocycles. The summed E-state index contributed by atoms with van der Waals surface area (Å²) < 4.78 is 10.7. The lowest BCUT2D eigenvalue weighted by Gasteiger charge is -2.24. The lowest BCUT2D eigenvalue weighted by atomic mass is 10.1. The van der Waals surface area contributed by atoms with Gasteiger partial charge in [-0.15, -0.1) is 0 Å². The van der Waals surface area contributed by atoms with Crippen LogP contribution in [0.1, 0.15) is 37.8 Å². The SMILES string of the molecule is COc1ccc(C(C)NC2CCCC2SC)cc1OC. The third kappa shape index (κ3) is 3.41. The zero-order valence-electron chi connectivity index (χ0n) is 12.8. The lowest BCUT2D eigenvalue weighted by molar-refractivity contribution is 0.353. The van der Waals surface area contributed by atoms with E-state index in [0.717, 1.165) is 16.7 Å². The summed E-state index contributed by atoms with van der Waals surface area (Å²) in [6.07, 6.45) is 6.16. The van der Waals surface area contributed by atoms with Crippen molar-refractivity contribution in [2.75, 3.05) is 20.5 Å². The zero-order chi connectivity index (χ0) is 14.5. The van der Waals surface area contributed by atoms with Gasteiger partial charge in [-0.25, -0.2) is 0 Å². The van der Waals surface area contributed by atoms with Crippen LogP contribution < -0.4 is 14.8 Å². The van der Waals surface area contributed by atoms with E-state index in [-0.39, 0.29) is 0 Å². The summed E-state index contributed by atoms with van der Waals surface area (Å²) in [7, 11) is 3.35. The Morgan fingerprint density at radius 2 is 1.95 bits per heavy atom. The van der Waals surface area contributed by atoms with Gasteiger partial charge in [0.05, 0.1) is 14.2 Å². The normalized spacial score (nSPS) is 23.6. The number of benzene rings is 1. The van der Waals surface area contributed by atoms with Gasteiger partial charge in [0.25, 0.3) is 0 Å². The summed E-state index contributed by atoms with van der Waals surface area (Å²) in [5.74, 6) is 1.58. The molecule has 1 aromatic rings. The maximum atomic E-state index is 5.38. The summed E-state index contributed by atoms with van der Waals surface area (Å²) in [6, 6.07) is 7.11.